The summed E-state index contributed by atoms with van der Waals surface area (Å²) in [6.07, 6.45) is -0.641. The first-order chi connectivity index (χ1) is 16.1. The molecule has 1 heterocycles. The Balaban J connectivity index is 1.33. The number of aliphatic hydroxyl groups excluding tert-OH is 1. The highest BCUT2D eigenvalue weighted by atomic mass is 19.3. The van der Waals surface area contributed by atoms with Gasteiger partial charge >= 0.3 is 0 Å². The Morgan fingerprint density at radius 2 is 1.65 bits per heavy atom. The quantitative estimate of drug-likeness (QED) is 0.550. The van der Waals surface area contributed by atoms with Crippen molar-refractivity contribution in [3.05, 3.63) is 64.7 Å². The van der Waals surface area contributed by atoms with E-state index in [4.69, 9.17) is 4.74 Å². The lowest BCUT2D eigenvalue weighted by Crippen LogP contribution is -2.50. The highest BCUT2D eigenvalue weighted by Crippen LogP contribution is 2.26. The number of nitrogens with zero attached hydrogens (tertiary/aromatic N) is 2. The van der Waals surface area contributed by atoms with Crippen LogP contribution in [0.2, 0.25) is 0 Å². The number of halogens is 2. The van der Waals surface area contributed by atoms with Crippen molar-refractivity contribution in [3.8, 4) is 0 Å². The Bertz CT molecular complexity index is 919. The minimum absolute atomic E-state index is 0.0185. The molecule has 0 aliphatic carbocycles. The smallest absolute Gasteiger partial charge is 0.270 e. The van der Waals surface area contributed by atoms with E-state index in [1.54, 1.807) is 12.1 Å². The number of aryl methyl sites for hydroxylation is 2. The molecule has 1 aliphatic rings. The SMILES string of the molecule is Cc1cccc(C)c1NC(=O)CN1CCN(CC(O)COCc2ccc(C(C)(F)F)cc2)CC1. The molecule has 1 aliphatic heterocycles. The van der Waals surface area contributed by atoms with E-state index in [1.165, 1.54) is 12.1 Å². The maximum absolute atomic E-state index is 13.3. The number of nitrogens with one attached hydrogen (secondary N) is 1. The van der Waals surface area contributed by atoms with Gasteiger partial charge in [0.25, 0.3) is 5.92 Å². The van der Waals surface area contributed by atoms with Crippen LogP contribution in [0.1, 0.15) is 29.2 Å². The number of para-hydroxylation sites is 1. The first-order valence-corrected chi connectivity index (χ1v) is 11.7. The molecule has 2 aromatic carbocycles. The van der Waals surface area contributed by atoms with Crippen LogP contribution in [0.5, 0.6) is 0 Å². The molecule has 34 heavy (non-hydrogen) atoms. The number of benzene rings is 2. The number of hydrogen-bond acceptors (Lipinski definition) is 5. The van der Waals surface area contributed by atoms with Crippen LogP contribution < -0.4 is 5.32 Å². The molecule has 1 fully saturated rings. The third kappa shape index (κ3) is 7.84. The second-order valence-corrected chi connectivity index (χ2v) is 9.15. The topological polar surface area (TPSA) is 65.0 Å². The van der Waals surface area contributed by atoms with Gasteiger partial charge in [-0.3, -0.25) is 14.6 Å². The minimum atomic E-state index is -2.86. The molecule has 0 bridgehead atoms. The summed E-state index contributed by atoms with van der Waals surface area (Å²) in [6.45, 7) is 9.14. The van der Waals surface area contributed by atoms with Crippen LogP contribution in [-0.2, 0) is 22.1 Å². The number of anilines is 1. The number of aliphatic hydroxyl groups is 1. The molecule has 186 valence electrons. The Labute approximate surface area is 200 Å². The van der Waals surface area contributed by atoms with Crippen molar-refractivity contribution in [1.82, 2.24) is 9.80 Å². The summed E-state index contributed by atoms with van der Waals surface area (Å²) in [6, 6.07) is 12.0. The van der Waals surface area contributed by atoms with E-state index in [-0.39, 0.29) is 24.7 Å². The van der Waals surface area contributed by atoms with Crippen LogP contribution >= 0.6 is 0 Å². The molecule has 0 aromatic heterocycles. The molecule has 0 saturated carbocycles. The molecule has 3 rings (SSSR count). The first-order valence-electron chi connectivity index (χ1n) is 11.7. The summed E-state index contributed by atoms with van der Waals surface area (Å²) < 4.78 is 32.1. The molecule has 1 atom stereocenters. The van der Waals surface area contributed by atoms with Gasteiger partial charge in [0.2, 0.25) is 5.91 Å². The van der Waals surface area contributed by atoms with E-state index in [0.29, 0.717) is 13.1 Å². The summed E-state index contributed by atoms with van der Waals surface area (Å²) in [5.74, 6) is -2.88. The van der Waals surface area contributed by atoms with Crippen LogP contribution in [0, 0.1) is 13.8 Å². The molecule has 1 amide bonds. The Hall–Kier alpha value is -2.39. The van der Waals surface area contributed by atoms with Gasteiger partial charge in [0.05, 0.1) is 25.9 Å². The number of carbonyl (C=O) groups excluding carboxylic acids is 1. The molecule has 1 unspecified atom stereocenters. The third-order valence-corrected chi connectivity index (χ3v) is 6.09. The largest absolute Gasteiger partial charge is 0.389 e. The fourth-order valence-electron chi connectivity index (χ4n) is 4.08. The highest BCUT2D eigenvalue weighted by Gasteiger charge is 2.24. The van der Waals surface area contributed by atoms with Crippen LogP contribution in [0.4, 0.5) is 14.5 Å². The van der Waals surface area contributed by atoms with E-state index >= 15 is 0 Å². The monoisotopic (exact) mass is 475 g/mol. The van der Waals surface area contributed by atoms with Gasteiger partial charge in [0.15, 0.2) is 0 Å². The van der Waals surface area contributed by atoms with Crippen molar-refractivity contribution in [2.45, 2.75) is 39.4 Å². The van der Waals surface area contributed by atoms with Crippen molar-refractivity contribution < 1.29 is 23.4 Å². The van der Waals surface area contributed by atoms with Gasteiger partial charge in [-0.05, 0) is 30.5 Å². The van der Waals surface area contributed by atoms with Gasteiger partial charge in [-0.2, -0.15) is 0 Å². The zero-order valence-electron chi connectivity index (χ0n) is 20.2. The van der Waals surface area contributed by atoms with Crippen LogP contribution in [0.15, 0.2) is 42.5 Å². The Morgan fingerprint density at radius 1 is 1.06 bits per heavy atom. The van der Waals surface area contributed by atoms with Crippen molar-refractivity contribution in [2.24, 2.45) is 0 Å². The lowest BCUT2D eigenvalue weighted by atomic mass is 10.1. The van der Waals surface area contributed by atoms with E-state index in [9.17, 15) is 18.7 Å². The molecule has 8 heteroatoms. The minimum Gasteiger partial charge on any atom is -0.389 e. The van der Waals surface area contributed by atoms with Crippen molar-refractivity contribution in [3.63, 3.8) is 0 Å². The highest BCUT2D eigenvalue weighted by molar-refractivity contribution is 5.93. The number of amides is 1. The number of alkyl halides is 2. The van der Waals surface area contributed by atoms with Gasteiger partial charge in [-0.1, -0.05) is 42.5 Å². The number of piperazine rings is 1. The fraction of sp³-hybridized carbons (Fsp3) is 0.500. The second-order valence-electron chi connectivity index (χ2n) is 9.15. The average molecular weight is 476 g/mol. The molecule has 6 nitrogen and oxygen atoms in total. The van der Waals surface area contributed by atoms with Gasteiger partial charge in [-0.15, -0.1) is 0 Å². The van der Waals surface area contributed by atoms with Crippen molar-refractivity contribution >= 4 is 11.6 Å². The molecule has 0 spiro atoms. The average Bonchev–Trinajstić information content (AvgIpc) is 2.77. The zero-order chi connectivity index (χ0) is 24.7. The van der Waals surface area contributed by atoms with Gasteiger partial charge in [-0.25, -0.2) is 8.78 Å². The Morgan fingerprint density at radius 3 is 2.24 bits per heavy atom. The van der Waals surface area contributed by atoms with E-state index in [0.717, 1.165) is 55.5 Å². The standard InChI is InChI=1S/C26H35F2N3O3/c1-19-5-4-6-20(2)25(19)29-24(33)16-31-13-11-30(12-14-31)15-23(32)18-34-17-21-7-9-22(10-8-21)26(3,27)28/h4-10,23,32H,11-18H2,1-3H3,(H,29,33). The van der Waals surface area contributed by atoms with E-state index < -0.39 is 12.0 Å². The number of carbonyl (C=O) groups is 1. The maximum atomic E-state index is 13.3. The molecule has 2 aromatic rings. The lowest BCUT2D eigenvalue weighted by Gasteiger charge is -2.35. The predicted molar refractivity (Wildman–Crippen MR) is 129 cm³/mol. The zero-order valence-corrected chi connectivity index (χ0v) is 20.2. The van der Waals surface area contributed by atoms with E-state index in [2.05, 4.69) is 15.1 Å². The normalized spacial score (nSPS) is 16.4. The summed E-state index contributed by atoms with van der Waals surface area (Å²) >= 11 is 0. The number of rotatable bonds is 10. The molecular formula is C26H35F2N3O3. The van der Waals surface area contributed by atoms with Crippen molar-refractivity contribution in [2.75, 3.05) is 51.2 Å². The predicted octanol–water partition coefficient (Wildman–Crippen LogP) is 3.55. The second kappa shape index (κ2) is 11.8. The summed E-state index contributed by atoms with van der Waals surface area (Å²) in [7, 11) is 0. The number of β-amino-alcohol motifs (C(OH)–C–C–N with tert-alkyl or cyclic N) is 1. The van der Waals surface area contributed by atoms with Gasteiger partial charge < -0.3 is 15.2 Å². The molecule has 1 saturated heterocycles. The molecule has 2 N–H and O–H groups in total. The number of ether oxygens (including phenoxy) is 1. The summed E-state index contributed by atoms with van der Waals surface area (Å²) in [5.41, 5.74) is 3.74. The summed E-state index contributed by atoms with van der Waals surface area (Å²) in [4.78, 5) is 16.8. The molecule has 0 radical (unpaired) electrons. The van der Waals surface area contributed by atoms with Crippen LogP contribution in [0.3, 0.4) is 0 Å². The van der Waals surface area contributed by atoms with E-state index in [1.807, 2.05) is 32.0 Å². The first kappa shape index (κ1) is 26.2. The third-order valence-electron chi connectivity index (χ3n) is 6.09. The van der Waals surface area contributed by atoms with Gasteiger partial charge in [0.1, 0.15) is 0 Å². The fourth-order valence-corrected chi connectivity index (χ4v) is 4.08. The van der Waals surface area contributed by atoms with Crippen LogP contribution in [0.25, 0.3) is 0 Å². The van der Waals surface area contributed by atoms with Gasteiger partial charge in [0, 0.05) is 50.9 Å². The van der Waals surface area contributed by atoms with Crippen molar-refractivity contribution in [1.29, 1.82) is 0 Å². The Kier molecular flexibility index (Phi) is 9.13. The van der Waals surface area contributed by atoms with Crippen LogP contribution in [-0.4, -0.2) is 72.8 Å². The lowest BCUT2D eigenvalue weighted by molar-refractivity contribution is -0.117. The summed E-state index contributed by atoms with van der Waals surface area (Å²) in [5, 5.41) is 13.3. The molecular weight excluding hydrogens is 440 g/mol. The number of hydrogen-bond donors (Lipinski definition) is 2. The maximum Gasteiger partial charge on any atom is 0.270 e.